The van der Waals surface area contributed by atoms with Gasteiger partial charge in [0.05, 0.1) is 13.2 Å². The van der Waals surface area contributed by atoms with E-state index in [2.05, 4.69) is 15.9 Å². The number of benzene rings is 2. The lowest BCUT2D eigenvalue weighted by Gasteiger charge is -2.13. The minimum atomic E-state index is -0.582. The van der Waals surface area contributed by atoms with Gasteiger partial charge in [0.1, 0.15) is 17.2 Å². The fourth-order valence-electron chi connectivity index (χ4n) is 1.71. The molecule has 2 aromatic carbocycles. The maximum Gasteiger partial charge on any atom is 0.134 e. The van der Waals surface area contributed by atoms with E-state index in [-0.39, 0.29) is 0 Å². The Morgan fingerprint density at radius 1 is 1.05 bits per heavy atom. The first-order valence-electron chi connectivity index (χ1n) is 5.89. The van der Waals surface area contributed by atoms with E-state index in [9.17, 15) is 5.11 Å². The average Bonchev–Trinajstić information content (AvgIpc) is 2.39. The maximum absolute atomic E-state index is 9.74. The van der Waals surface area contributed by atoms with Gasteiger partial charge in [-0.15, -0.1) is 0 Å². The van der Waals surface area contributed by atoms with Gasteiger partial charge in [0.2, 0.25) is 0 Å². The van der Waals surface area contributed by atoms with Gasteiger partial charge in [0, 0.05) is 10.0 Å². The minimum Gasteiger partial charge on any atom is -0.497 e. The Kier molecular flexibility index (Phi) is 4.45. The Hall–Kier alpha value is -1.52. The third kappa shape index (κ3) is 3.49. The van der Waals surface area contributed by atoms with E-state index < -0.39 is 6.10 Å². The summed E-state index contributed by atoms with van der Waals surface area (Å²) in [4.78, 5) is 0. The molecule has 0 saturated heterocycles. The lowest BCUT2D eigenvalue weighted by Crippen LogP contribution is -1.96. The highest BCUT2D eigenvalue weighted by Crippen LogP contribution is 2.32. The quantitative estimate of drug-likeness (QED) is 0.911. The molecule has 100 valence electrons. The maximum atomic E-state index is 9.74. The van der Waals surface area contributed by atoms with Gasteiger partial charge in [-0.25, -0.2) is 0 Å². The average molecular weight is 323 g/mol. The molecular weight excluding hydrogens is 308 g/mol. The molecule has 2 rings (SSSR count). The van der Waals surface area contributed by atoms with E-state index in [0.29, 0.717) is 11.5 Å². The molecule has 2 aromatic rings. The van der Waals surface area contributed by atoms with Crippen LogP contribution in [0.4, 0.5) is 0 Å². The van der Waals surface area contributed by atoms with Crippen LogP contribution < -0.4 is 9.47 Å². The predicted octanol–water partition coefficient (Wildman–Crippen LogP) is 4.30. The van der Waals surface area contributed by atoms with Crippen LogP contribution in [0.1, 0.15) is 18.6 Å². The first kappa shape index (κ1) is 13.9. The van der Waals surface area contributed by atoms with Crippen LogP contribution in [-0.4, -0.2) is 12.2 Å². The fourth-order valence-corrected chi connectivity index (χ4v) is 2.05. The van der Waals surface area contributed by atoms with Crippen LogP contribution in [0.5, 0.6) is 17.2 Å². The molecule has 0 aliphatic rings. The summed E-state index contributed by atoms with van der Waals surface area (Å²) in [6, 6.07) is 12.9. The van der Waals surface area contributed by atoms with E-state index in [1.165, 1.54) is 0 Å². The highest BCUT2D eigenvalue weighted by Gasteiger charge is 2.10. The van der Waals surface area contributed by atoms with E-state index in [1.54, 1.807) is 14.0 Å². The molecule has 4 heteroatoms. The molecule has 0 aliphatic heterocycles. The van der Waals surface area contributed by atoms with Crippen LogP contribution in [0.15, 0.2) is 46.9 Å². The summed E-state index contributed by atoms with van der Waals surface area (Å²) in [7, 11) is 1.62. The zero-order valence-corrected chi connectivity index (χ0v) is 12.3. The minimum absolute atomic E-state index is 0.582. The normalized spacial score (nSPS) is 12.0. The van der Waals surface area contributed by atoms with Crippen molar-refractivity contribution in [3.05, 3.63) is 52.5 Å². The van der Waals surface area contributed by atoms with Gasteiger partial charge in [0.15, 0.2) is 0 Å². The number of ether oxygens (including phenoxy) is 2. The molecule has 0 bridgehead atoms. The monoisotopic (exact) mass is 322 g/mol. The zero-order valence-electron chi connectivity index (χ0n) is 10.8. The molecule has 1 unspecified atom stereocenters. The van der Waals surface area contributed by atoms with E-state index in [4.69, 9.17) is 9.47 Å². The number of aliphatic hydroxyl groups is 1. The Bertz CT molecular complexity index is 550. The summed E-state index contributed by atoms with van der Waals surface area (Å²) in [5.74, 6) is 2.10. The second-order valence-corrected chi connectivity index (χ2v) is 5.05. The lowest BCUT2D eigenvalue weighted by atomic mass is 10.1. The Labute approximate surface area is 120 Å². The summed E-state index contributed by atoms with van der Waals surface area (Å²) in [5.41, 5.74) is 0.749. The molecule has 0 amide bonds. The summed E-state index contributed by atoms with van der Waals surface area (Å²) in [6.07, 6.45) is -0.582. The predicted molar refractivity (Wildman–Crippen MR) is 77.8 cm³/mol. The van der Waals surface area contributed by atoms with Crippen LogP contribution in [0.25, 0.3) is 0 Å². The number of rotatable bonds is 4. The van der Waals surface area contributed by atoms with Crippen molar-refractivity contribution in [2.75, 3.05) is 7.11 Å². The zero-order chi connectivity index (χ0) is 13.8. The molecule has 19 heavy (non-hydrogen) atoms. The summed E-state index contributed by atoms with van der Waals surface area (Å²) in [5, 5.41) is 9.74. The highest BCUT2D eigenvalue weighted by molar-refractivity contribution is 9.10. The van der Waals surface area contributed by atoms with Crippen molar-refractivity contribution >= 4 is 15.9 Å². The third-order valence-electron chi connectivity index (χ3n) is 2.71. The van der Waals surface area contributed by atoms with Gasteiger partial charge >= 0.3 is 0 Å². The van der Waals surface area contributed by atoms with E-state index >= 15 is 0 Å². The number of methoxy groups -OCH3 is 1. The summed E-state index contributed by atoms with van der Waals surface area (Å²) >= 11 is 3.40. The molecule has 3 nitrogen and oxygen atoms in total. The van der Waals surface area contributed by atoms with Gasteiger partial charge in [0.25, 0.3) is 0 Å². The first-order valence-corrected chi connectivity index (χ1v) is 6.69. The van der Waals surface area contributed by atoms with Crippen molar-refractivity contribution in [1.29, 1.82) is 0 Å². The number of aliphatic hydroxyl groups excluding tert-OH is 1. The van der Waals surface area contributed by atoms with Gasteiger partial charge in [-0.2, -0.15) is 0 Å². The van der Waals surface area contributed by atoms with Crippen molar-refractivity contribution in [3.8, 4) is 17.2 Å². The fraction of sp³-hybridized carbons (Fsp3) is 0.200. The Morgan fingerprint density at radius 3 is 2.26 bits per heavy atom. The van der Waals surface area contributed by atoms with Crippen molar-refractivity contribution in [2.45, 2.75) is 13.0 Å². The summed E-state index contributed by atoms with van der Waals surface area (Å²) < 4.78 is 11.8. The third-order valence-corrected chi connectivity index (χ3v) is 3.21. The van der Waals surface area contributed by atoms with Crippen molar-refractivity contribution in [2.24, 2.45) is 0 Å². The molecule has 1 atom stereocenters. The van der Waals surface area contributed by atoms with E-state index in [0.717, 1.165) is 15.8 Å². The molecule has 0 saturated carbocycles. The van der Waals surface area contributed by atoms with Gasteiger partial charge in [-0.1, -0.05) is 22.0 Å². The summed E-state index contributed by atoms with van der Waals surface area (Å²) in [6.45, 7) is 1.71. The van der Waals surface area contributed by atoms with Crippen LogP contribution in [0.2, 0.25) is 0 Å². The molecular formula is C15H15BrO3. The molecule has 0 heterocycles. The molecule has 0 radical (unpaired) electrons. The first-order chi connectivity index (χ1) is 9.10. The second kappa shape index (κ2) is 6.08. The number of hydrogen-bond donors (Lipinski definition) is 1. The van der Waals surface area contributed by atoms with Gasteiger partial charge < -0.3 is 14.6 Å². The number of hydrogen-bond acceptors (Lipinski definition) is 3. The van der Waals surface area contributed by atoms with Crippen molar-refractivity contribution in [1.82, 2.24) is 0 Å². The molecule has 0 spiro atoms. The SMILES string of the molecule is COc1ccc(Oc2cc(Br)ccc2C(C)O)cc1. The van der Waals surface area contributed by atoms with Gasteiger partial charge in [-0.05, 0) is 43.3 Å². The van der Waals surface area contributed by atoms with E-state index in [1.807, 2.05) is 42.5 Å². The Morgan fingerprint density at radius 2 is 1.68 bits per heavy atom. The van der Waals surface area contributed by atoms with Crippen LogP contribution in [-0.2, 0) is 0 Å². The van der Waals surface area contributed by atoms with Crippen LogP contribution in [0, 0.1) is 0 Å². The van der Waals surface area contributed by atoms with Crippen molar-refractivity contribution < 1.29 is 14.6 Å². The number of halogens is 1. The van der Waals surface area contributed by atoms with Crippen LogP contribution >= 0.6 is 15.9 Å². The molecule has 0 aliphatic carbocycles. The van der Waals surface area contributed by atoms with Gasteiger partial charge in [-0.3, -0.25) is 0 Å². The lowest BCUT2D eigenvalue weighted by molar-refractivity contribution is 0.195. The molecule has 0 aromatic heterocycles. The van der Waals surface area contributed by atoms with Crippen molar-refractivity contribution in [3.63, 3.8) is 0 Å². The smallest absolute Gasteiger partial charge is 0.134 e. The molecule has 0 fully saturated rings. The standard InChI is InChI=1S/C15H15BrO3/c1-10(17)14-8-3-11(16)9-15(14)19-13-6-4-12(18-2)5-7-13/h3-10,17H,1-2H3. The Balaban J connectivity index is 2.28. The largest absolute Gasteiger partial charge is 0.497 e. The highest BCUT2D eigenvalue weighted by atomic mass is 79.9. The second-order valence-electron chi connectivity index (χ2n) is 4.14. The topological polar surface area (TPSA) is 38.7 Å². The van der Waals surface area contributed by atoms with Crippen LogP contribution in [0.3, 0.4) is 0 Å². The molecule has 1 N–H and O–H groups in total.